The number of imide groups is 1. The Hall–Kier alpha value is -2.91. The number of carbonyl (C=O) groups excluding carboxylic acids is 2. The third-order valence-corrected chi connectivity index (χ3v) is 5.29. The first kappa shape index (κ1) is 20.8. The van der Waals surface area contributed by atoms with E-state index in [0.717, 1.165) is 4.90 Å². The molecule has 29 heavy (non-hydrogen) atoms. The standard InChI is InChI=1S/C20H20N2O6S/c1-13(2)27-11-9-21-19(23)17(14-5-7-15(8-6-14)22(25)26)18(20(21)24)29-12-16-4-3-10-28-16/h3-8,10,13H,9,11-12H2,1-2H3. The van der Waals surface area contributed by atoms with Gasteiger partial charge in [-0.3, -0.25) is 24.6 Å². The molecule has 0 N–H and O–H groups in total. The smallest absolute Gasteiger partial charge is 0.269 e. The molecule has 1 aromatic carbocycles. The number of nitro groups is 1. The number of furan rings is 1. The second-order valence-electron chi connectivity index (χ2n) is 6.56. The summed E-state index contributed by atoms with van der Waals surface area (Å²) >= 11 is 1.21. The van der Waals surface area contributed by atoms with Crippen LogP contribution in [0.3, 0.4) is 0 Å². The van der Waals surface area contributed by atoms with E-state index >= 15 is 0 Å². The molecular formula is C20H20N2O6S. The van der Waals surface area contributed by atoms with Gasteiger partial charge in [0.15, 0.2) is 0 Å². The van der Waals surface area contributed by atoms with E-state index in [4.69, 9.17) is 9.15 Å². The van der Waals surface area contributed by atoms with Crippen molar-refractivity contribution in [3.8, 4) is 0 Å². The van der Waals surface area contributed by atoms with Crippen molar-refractivity contribution in [1.29, 1.82) is 0 Å². The van der Waals surface area contributed by atoms with Crippen molar-refractivity contribution in [3.05, 3.63) is 69.0 Å². The highest BCUT2D eigenvalue weighted by atomic mass is 32.2. The van der Waals surface area contributed by atoms with E-state index in [1.807, 2.05) is 13.8 Å². The molecule has 1 aliphatic rings. The van der Waals surface area contributed by atoms with Crippen LogP contribution >= 0.6 is 11.8 Å². The number of hydrogen-bond acceptors (Lipinski definition) is 7. The molecule has 0 unspecified atom stereocenters. The highest BCUT2D eigenvalue weighted by Crippen LogP contribution is 2.37. The molecule has 0 saturated carbocycles. The maximum atomic E-state index is 13.0. The molecule has 152 valence electrons. The first-order valence-electron chi connectivity index (χ1n) is 9.00. The lowest BCUT2D eigenvalue weighted by atomic mass is 10.1. The summed E-state index contributed by atoms with van der Waals surface area (Å²) < 4.78 is 10.8. The average Bonchev–Trinajstić information content (AvgIpc) is 3.28. The predicted octanol–water partition coefficient (Wildman–Crippen LogP) is 3.63. The Morgan fingerprint density at radius 1 is 1.17 bits per heavy atom. The Labute approximate surface area is 171 Å². The fraction of sp³-hybridized carbons (Fsp3) is 0.300. The van der Waals surface area contributed by atoms with Crippen LogP contribution in [-0.4, -0.2) is 40.9 Å². The second kappa shape index (κ2) is 9.06. The molecule has 2 heterocycles. The zero-order valence-corrected chi connectivity index (χ0v) is 16.8. The number of hydrogen-bond donors (Lipinski definition) is 0. The SMILES string of the molecule is CC(C)OCCN1C(=O)C(SCc2ccco2)=C(c2ccc([N+](=O)[O-])cc2)C1=O. The molecule has 0 radical (unpaired) electrons. The molecule has 0 saturated heterocycles. The van der Waals surface area contributed by atoms with Crippen LogP contribution in [0.15, 0.2) is 52.0 Å². The second-order valence-corrected chi connectivity index (χ2v) is 7.54. The van der Waals surface area contributed by atoms with Gasteiger partial charge in [-0.2, -0.15) is 0 Å². The number of nitrogens with zero attached hydrogens (tertiary/aromatic N) is 2. The van der Waals surface area contributed by atoms with Crippen LogP contribution in [0.4, 0.5) is 5.69 Å². The fourth-order valence-electron chi connectivity index (χ4n) is 2.81. The number of non-ortho nitro benzene ring substituents is 1. The highest BCUT2D eigenvalue weighted by molar-refractivity contribution is 8.03. The molecular weight excluding hydrogens is 396 g/mol. The fourth-order valence-corrected chi connectivity index (χ4v) is 3.85. The number of thioether (sulfide) groups is 1. The molecule has 0 aliphatic carbocycles. The Bertz CT molecular complexity index is 934. The molecule has 9 heteroatoms. The number of carbonyl (C=O) groups is 2. The Morgan fingerprint density at radius 2 is 1.90 bits per heavy atom. The summed E-state index contributed by atoms with van der Waals surface area (Å²) in [5.74, 6) is 0.228. The van der Waals surface area contributed by atoms with E-state index in [9.17, 15) is 19.7 Å². The Morgan fingerprint density at radius 3 is 2.48 bits per heavy atom. The van der Waals surface area contributed by atoms with Crippen molar-refractivity contribution in [2.45, 2.75) is 25.7 Å². The van der Waals surface area contributed by atoms with E-state index in [0.29, 0.717) is 22.0 Å². The van der Waals surface area contributed by atoms with Gasteiger partial charge in [0, 0.05) is 12.1 Å². The van der Waals surface area contributed by atoms with Gasteiger partial charge >= 0.3 is 0 Å². The zero-order valence-electron chi connectivity index (χ0n) is 16.0. The summed E-state index contributed by atoms with van der Waals surface area (Å²) in [6.07, 6.45) is 1.52. The van der Waals surface area contributed by atoms with Crippen molar-refractivity contribution < 1.29 is 23.7 Å². The quantitative estimate of drug-likeness (QED) is 0.349. The van der Waals surface area contributed by atoms with Gasteiger partial charge in [-0.15, -0.1) is 11.8 Å². The molecule has 2 aromatic rings. The maximum Gasteiger partial charge on any atom is 0.269 e. The number of benzene rings is 1. The minimum atomic E-state index is -0.512. The number of ether oxygens (including phenoxy) is 1. The molecule has 0 atom stereocenters. The minimum Gasteiger partial charge on any atom is -0.468 e. The molecule has 3 rings (SSSR count). The topological polar surface area (TPSA) is 103 Å². The lowest BCUT2D eigenvalue weighted by Gasteiger charge is -2.16. The van der Waals surface area contributed by atoms with Crippen molar-refractivity contribution in [1.82, 2.24) is 4.90 Å². The van der Waals surface area contributed by atoms with Crippen LogP contribution in [0.25, 0.3) is 5.57 Å². The van der Waals surface area contributed by atoms with Crippen LogP contribution in [0.5, 0.6) is 0 Å². The molecule has 2 amide bonds. The van der Waals surface area contributed by atoms with E-state index in [-0.39, 0.29) is 30.5 Å². The Balaban J connectivity index is 1.89. The van der Waals surface area contributed by atoms with Gasteiger partial charge in [-0.25, -0.2) is 0 Å². The van der Waals surface area contributed by atoms with Crippen molar-refractivity contribution in [2.75, 3.05) is 13.2 Å². The van der Waals surface area contributed by atoms with E-state index in [2.05, 4.69) is 0 Å². The summed E-state index contributed by atoms with van der Waals surface area (Å²) in [6.45, 7) is 4.12. The first-order valence-corrected chi connectivity index (χ1v) is 9.99. The number of rotatable bonds is 9. The van der Waals surface area contributed by atoms with E-state index < -0.39 is 16.7 Å². The third kappa shape index (κ3) is 4.75. The van der Waals surface area contributed by atoms with Gasteiger partial charge in [0.25, 0.3) is 17.5 Å². The van der Waals surface area contributed by atoms with Crippen LogP contribution < -0.4 is 0 Å². The third-order valence-electron chi connectivity index (χ3n) is 4.20. The van der Waals surface area contributed by atoms with Gasteiger partial charge in [-0.1, -0.05) is 0 Å². The van der Waals surface area contributed by atoms with Gasteiger partial charge in [0.1, 0.15) is 5.76 Å². The summed E-state index contributed by atoms with van der Waals surface area (Å²) in [5.41, 5.74) is 0.618. The minimum absolute atomic E-state index is 0.0160. The van der Waals surface area contributed by atoms with E-state index in [1.54, 1.807) is 18.4 Å². The molecule has 0 spiro atoms. The monoisotopic (exact) mass is 416 g/mol. The summed E-state index contributed by atoms with van der Waals surface area (Å²) in [5, 5.41) is 10.9. The van der Waals surface area contributed by atoms with E-state index in [1.165, 1.54) is 36.0 Å². The number of nitro benzene ring substituents is 1. The van der Waals surface area contributed by atoms with Crippen LogP contribution in [0.2, 0.25) is 0 Å². The maximum absolute atomic E-state index is 13.0. The van der Waals surface area contributed by atoms with Gasteiger partial charge in [0.05, 0.1) is 46.7 Å². The summed E-state index contributed by atoms with van der Waals surface area (Å²) in [6, 6.07) is 9.15. The zero-order chi connectivity index (χ0) is 21.0. The lowest BCUT2D eigenvalue weighted by molar-refractivity contribution is -0.384. The van der Waals surface area contributed by atoms with Crippen LogP contribution in [0, 0.1) is 10.1 Å². The molecule has 1 aliphatic heterocycles. The first-order chi connectivity index (χ1) is 13.9. The molecule has 1 aromatic heterocycles. The van der Waals surface area contributed by atoms with Crippen molar-refractivity contribution in [2.24, 2.45) is 0 Å². The number of amides is 2. The van der Waals surface area contributed by atoms with Crippen molar-refractivity contribution in [3.63, 3.8) is 0 Å². The average molecular weight is 416 g/mol. The predicted molar refractivity (Wildman–Crippen MR) is 108 cm³/mol. The molecule has 0 bridgehead atoms. The lowest BCUT2D eigenvalue weighted by Crippen LogP contribution is -2.35. The largest absolute Gasteiger partial charge is 0.468 e. The van der Waals surface area contributed by atoms with Crippen LogP contribution in [-0.2, 0) is 20.1 Å². The summed E-state index contributed by atoms with van der Waals surface area (Å²) in [4.78, 5) is 37.8. The van der Waals surface area contributed by atoms with Crippen molar-refractivity contribution >= 4 is 34.8 Å². The van der Waals surface area contributed by atoms with Gasteiger partial charge in [0.2, 0.25) is 0 Å². The molecule has 8 nitrogen and oxygen atoms in total. The molecule has 0 fully saturated rings. The summed E-state index contributed by atoms with van der Waals surface area (Å²) in [7, 11) is 0. The highest BCUT2D eigenvalue weighted by Gasteiger charge is 2.39. The van der Waals surface area contributed by atoms with Gasteiger partial charge in [-0.05, 0) is 43.7 Å². The Kier molecular flexibility index (Phi) is 6.50. The van der Waals surface area contributed by atoms with Crippen LogP contribution in [0.1, 0.15) is 25.2 Å². The van der Waals surface area contributed by atoms with Gasteiger partial charge < -0.3 is 9.15 Å². The normalized spacial score (nSPS) is 14.4.